The average Bonchev–Trinajstić information content (AvgIpc) is 2.89. The van der Waals surface area contributed by atoms with Crippen LogP contribution in [-0.4, -0.2) is 15.0 Å². The standard InChI is InChI=1S/C17H13N3/c1-11-4-6-15-16(9-11)20-17(19-15)13-5-7-14-12(10-13)3-2-8-18-14/h2-10H,1H3,(H,19,20). The summed E-state index contributed by atoms with van der Waals surface area (Å²) in [7, 11) is 0. The number of hydrogen-bond acceptors (Lipinski definition) is 2. The summed E-state index contributed by atoms with van der Waals surface area (Å²) in [6.07, 6.45) is 1.81. The van der Waals surface area contributed by atoms with Gasteiger partial charge in [-0.15, -0.1) is 0 Å². The van der Waals surface area contributed by atoms with E-state index in [1.54, 1.807) is 0 Å². The fourth-order valence-electron chi connectivity index (χ4n) is 2.48. The predicted octanol–water partition coefficient (Wildman–Crippen LogP) is 4.09. The summed E-state index contributed by atoms with van der Waals surface area (Å²) >= 11 is 0. The summed E-state index contributed by atoms with van der Waals surface area (Å²) in [4.78, 5) is 12.4. The summed E-state index contributed by atoms with van der Waals surface area (Å²) < 4.78 is 0. The lowest BCUT2D eigenvalue weighted by Crippen LogP contribution is -1.82. The van der Waals surface area contributed by atoms with Gasteiger partial charge in [-0.25, -0.2) is 4.98 Å². The van der Waals surface area contributed by atoms with Gasteiger partial charge >= 0.3 is 0 Å². The molecule has 0 bridgehead atoms. The first-order valence-electron chi connectivity index (χ1n) is 6.61. The SMILES string of the molecule is Cc1ccc2nc(-c3ccc4ncccc4c3)[nH]c2c1. The van der Waals surface area contributed by atoms with Gasteiger partial charge in [0.15, 0.2) is 0 Å². The highest BCUT2D eigenvalue weighted by Crippen LogP contribution is 2.24. The second-order valence-corrected chi connectivity index (χ2v) is 5.02. The Bertz CT molecular complexity index is 922. The average molecular weight is 259 g/mol. The van der Waals surface area contributed by atoms with Gasteiger partial charge in [-0.1, -0.05) is 12.1 Å². The molecule has 0 radical (unpaired) electrons. The number of benzene rings is 2. The van der Waals surface area contributed by atoms with E-state index < -0.39 is 0 Å². The van der Waals surface area contributed by atoms with Crippen LogP contribution >= 0.6 is 0 Å². The molecule has 3 heteroatoms. The van der Waals surface area contributed by atoms with Crippen molar-refractivity contribution in [2.45, 2.75) is 6.92 Å². The Hall–Kier alpha value is -2.68. The van der Waals surface area contributed by atoms with E-state index in [-0.39, 0.29) is 0 Å². The number of nitrogens with one attached hydrogen (secondary N) is 1. The van der Waals surface area contributed by atoms with E-state index >= 15 is 0 Å². The minimum Gasteiger partial charge on any atom is -0.338 e. The Kier molecular flexibility index (Phi) is 2.33. The second kappa shape index (κ2) is 4.17. The number of pyridine rings is 1. The molecule has 20 heavy (non-hydrogen) atoms. The van der Waals surface area contributed by atoms with Crippen molar-refractivity contribution in [2.75, 3.05) is 0 Å². The summed E-state index contributed by atoms with van der Waals surface area (Å²) in [6, 6.07) is 16.5. The number of imidazole rings is 1. The lowest BCUT2D eigenvalue weighted by Gasteiger charge is -1.99. The Morgan fingerprint density at radius 2 is 1.85 bits per heavy atom. The Morgan fingerprint density at radius 1 is 0.950 bits per heavy atom. The molecule has 0 saturated carbocycles. The molecule has 4 aromatic rings. The summed E-state index contributed by atoms with van der Waals surface area (Å²) in [5.41, 5.74) is 5.39. The number of nitrogens with zero attached hydrogens (tertiary/aromatic N) is 2. The molecule has 0 aliphatic rings. The maximum atomic E-state index is 4.65. The molecule has 0 amide bonds. The van der Waals surface area contributed by atoms with Crippen molar-refractivity contribution in [3.63, 3.8) is 0 Å². The van der Waals surface area contributed by atoms with Crippen LogP contribution in [0.2, 0.25) is 0 Å². The van der Waals surface area contributed by atoms with Crippen molar-refractivity contribution in [3.8, 4) is 11.4 Å². The smallest absolute Gasteiger partial charge is 0.138 e. The number of H-pyrrole nitrogens is 1. The topological polar surface area (TPSA) is 41.6 Å². The van der Waals surface area contributed by atoms with Crippen LogP contribution < -0.4 is 0 Å². The van der Waals surface area contributed by atoms with Crippen LogP contribution in [-0.2, 0) is 0 Å². The van der Waals surface area contributed by atoms with Crippen LogP contribution in [0.15, 0.2) is 54.7 Å². The number of aromatic amines is 1. The molecule has 4 rings (SSSR count). The number of rotatable bonds is 1. The highest BCUT2D eigenvalue weighted by atomic mass is 14.9. The molecule has 0 atom stereocenters. The van der Waals surface area contributed by atoms with Gasteiger partial charge in [-0.05, 0) is 48.9 Å². The van der Waals surface area contributed by atoms with Gasteiger partial charge in [-0.2, -0.15) is 0 Å². The summed E-state index contributed by atoms with van der Waals surface area (Å²) in [6.45, 7) is 2.08. The largest absolute Gasteiger partial charge is 0.338 e. The maximum Gasteiger partial charge on any atom is 0.138 e. The molecular weight excluding hydrogens is 246 g/mol. The van der Waals surface area contributed by atoms with Crippen LogP contribution in [0.3, 0.4) is 0 Å². The van der Waals surface area contributed by atoms with Crippen molar-refractivity contribution >= 4 is 21.9 Å². The molecular formula is C17H13N3. The first-order chi connectivity index (χ1) is 9.79. The molecule has 3 nitrogen and oxygen atoms in total. The molecule has 96 valence electrons. The molecule has 0 aliphatic heterocycles. The number of aromatic nitrogens is 3. The molecule has 2 aromatic carbocycles. The summed E-state index contributed by atoms with van der Waals surface area (Å²) in [5, 5.41) is 1.13. The number of fused-ring (bicyclic) bond motifs is 2. The summed E-state index contributed by atoms with van der Waals surface area (Å²) in [5.74, 6) is 0.899. The predicted molar refractivity (Wildman–Crippen MR) is 81.6 cm³/mol. The molecule has 2 aromatic heterocycles. The van der Waals surface area contributed by atoms with Gasteiger partial charge in [-0.3, -0.25) is 4.98 Å². The number of hydrogen-bond donors (Lipinski definition) is 1. The van der Waals surface area contributed by atoms with Gasteiger partial charge in [0.05, 0.1) is 16.6 Å². The lowest BCUT2D eigenvalue weighted by atomic mass is 10.1. The van der Waals surface area contributed by atoms with E-state index in [9.17, 15) is 0 Å². The van der Waals surface area contributed by atoms with Crippen molar-refractivity contribution in [1.29, 1.82) is 0 Å². The van der Waals surface area contributed by atoms with Gasteiger partial charge in [0, 0.05) is 17.1 Å². The van der Waals surface area contributed by atoms with E-state index in [0.29, 0.717) is 0 Å². The minimum atomic E-state index is 0.899. The quantitative estimate of drug-likeness (QED) is 0.559. The second-order valence-electron chi connectivity index (χ2n) is 5.02. The fraction of sp³-hybridized carbons (Fsp3) is 0.0588. The number of aryl methyl sites for hydroxylation is 1. The Balaban J connectivity index is 1.91. The van der Waals surface area contributed by atoms with E-state index in [1.165, 1.54) is 5.56 Å². The monoisotopic (exact) mass is 259 g/mol. The Labute approximate surface area is 116 Å². The zero-order chi connectivity index (χ0) is 13.5. The zero-order valence-electron chi connectivity index (χ0n) is 11.1. The third kappa shape index (κ3) is 1.75. The molecule has 0 unspecified atom stereocenters. The molecule has 0 spiro atoms. The third-order valence-electron chi connectivity index (χ3n) is 3.51. The first kappa shape index (κ1) is 11.2. The van der Waals surface area contributed by atoms with Gasteiger partial charge in [0.2, 0.25) is 0 Å². The van der Waals surface area contributed by atoms with Crippen LogP contribution in [0, 0.1) is 6.92 Å². The molecule has 0 fully saturated rings. The van der Waals surface area contributed by atoms with Crippen LogP contribution in [0.1, 0.15) is 5.56 Å². The fourth-order valence-corrected chi connectivity index (χ4v) is 2.48. The molecule has 0 aliphatic carbocycles. The third-order valence-corrected chi connectivity index (χ3v) is 3.51. The van der Waals surface area contributed by atoms with Crippen molar-refractivity contribution in [3.05, 3.63) is 60.3 Å². The van der Waals surface area contributed by atoms with Gasteiger partial charge in [0.25, 0.3) is 0 Å². The first-order valence-corrected chi connectivity index (χ1v) is 6.61. The van der Waals surface area contributed by atoms with Crippen LogP contribution in [0.25, 0.3) is 33.3 Å². The normalized spacial score (nSPS) is 11.2. The minimum absolute atomic E-state index is 0.899. The molecule has 0 saturated heterocycles. The van der Waals surface area contributed by atoms with E-state index in [1.807, 2.05) is 24.4 Å². The lowest BCUT2D eigenvalue weighted by molar-refractivity contribution is 1.33. The highest BCUT2D eigenvalue weighted by Gasteiger charge is 2.06. The maximum absolute atomic E-state index is 4.65. The van der Waals surface area contributed by atoms with E-state index in [0.717, 1.165) is 33.3 Å². The van der Waals surface area contributed by atoms with Crippen molar-refractivity contribution < 1.29 is 0 Å². The molecule has 1 N–H and O–H groups in total. The zero-order valence-corrected chi connectivity index (χ0v) is 11.1. The molecule has 2 heterocycles. The van der Waals surface area contributed by atoms with Gasteiger partial charge in [0.1, 0.15) is 5.82 Å². The van der Waals surface area contributed by atoms with E-state index in [2.05, 4.69) is 52.2 Å². The van der Waals surface area contributed by atoms with Crippen molar-refractivity contribution in [2.24, 2.45) is 0 Å². The Morgan fingerprint density at radius 3 is 2.80 bits per heavy atom. The van der Waals surface area contributed by atoms with Gasteiger partial charge < -0.3 is 4.98 Å². The van der Waals surface area contributed by atoms with Crippen LogP contribution in [0.5, 0.6) is 0 Å². The van der Waals surface area contributed by atoms with Crippen LogP contribution in [0.4, 0.5) is 0 Å². The van der Waals surface area contributed by atoms with Crippen molar-refractivity contribution in [1.82, 2.24) is 15.0 Å². The van der Waals surface area contributed by atoms with E-state index in [4.69, 9.17) is 0 Å². The highest BCUT2D eigenvalue weighted by molar-refractivity contribution is 5.85.